The summed E-state index contributed by atoms with van der Waals surface area (Å²) >= 11 is 0.787. The van der Waals surface area contributed by atoms with E-state index in [0.717, 1.165) is 11.3 Å². The SMILES string of the molecule is CC(C)(O)COc1nc(-c2cccc3c(C#N)c[nH]c23)c(S(N)(=O)=O)s1. The summed E-state index contributed by atoms with van der Waals surface area (Å²) in [7, 11) is -4.05. The Labute approximate surface area is 153 Å². The van der Waals surface area contributed by atoms with Gasteiger partial charge >= 0.3 is 0 Å². The van der Waals surface area contributed by atoms with Crippen LogP contribution >= 0.6 is 11.3 Å². The fourth-order valence-electron chi connectivity index (χ4n) is 2.39. The Bertz CT molecular complexity index is 1120. The molecule has 4 N–H and O–H groups in total. The molecule has 2 heterocycles. The topological polar surface area (TPSA) is 142 Å². The summed E-state index contributed by atoms with van der Waals surface area (Å²) in [6, 6.07) is 7.21. The molecule has 0 fully saturated rings. The molecule has 0 spiro atoms. The van der Waals surface area contributed by atoms with Crippen molar-refractivity contribution in [3.05, 3.63) is 30.0 Å². The van der Waals surface area contributed by atoms with E-state index in [0.29, 0.717) is 22.0 Å². The number of primary sulfonamides is 1. The third-order valence-corrected chi connectivity index (χ3v) is 5.89. The molecule has 0 saturated carbocycles. The van der Waals surface area contributed by atoms with Gasteiger partial charge in [-0.1, -0.05) is 29.5 Å². The fourth-order valence-corrected chi connectivity index (χ4v) is 4.16. The Kier molecular flexibility index (Phi) is 4.49. The predicted molar refractivity (Wildman–Crippen MR) is 97.3 cm³/mol. The van der Waals surface area contributed by atoms with Crippen molar-refractivity contribution in [1.82, 2.24) is 9.97 Å². The maximum Gasteiger partial charge on any atom is 0.275 e. The molecule has 0 bridgehead atoms. The molecule has 0 atom stereocenters. The Morgan fingerprint density at radius 1 is 1.46 bits per heavy atom. The molecule has 3 aromatic rings. The van der Waals surface area contributed by atoms with Gasteiger partial charge in [-0.25, -0.2) is 18.5 Å². The van der Waals surface area contributed by atoms with E-state index in [4.69, 9.17) is 9.88 Å². The highest BCUT2D eigenvalue weighted by Gasteiger charge is 2.25. The van der Waals surface area contributed by atoms with Gasteiger partial charge in [0.25, 0.3) is 5.19 Å². The summed E-state index contributed by atoms with van der Waals surface area (Å²) in [4.78, 5) is 7.23. The number of para-hydroxylation sites is 1. The molecule has 0 amide bonds. The number of sulfonamides is 1. The number of aromatic amines is 1. The molecule has 10 heteroatoms. The molecule has 0 radical (unpaired) electrons. The van der Waals surface area contributed by atoms with Gasteiger partial charge in [-0.05, 0) is 13.8 Å². The van der Waals surface area contributed by atoms with Crippen LogP contribution < -0.4 is 9.88 Å². The van der Waals surface area contributed by atoms with Crippen LogP contribution in [0.2, 0.25) is 0 Å². The lowest BCUT2D eigenvalue weighted by Crippen LogP contribution is -2.27. The summed E-state index contributed by atoms with van der Waals surface area (Å²) in [6.45, 7) is 3.06. The molecule has 0 aliphatic heterocycles. The molecular weight excluding hydrogens is 376 g/mol. The minimum absolute atomic E-state index is 0.0602. The summed E-state index contributed by atoms with van der Waals surface area (Å²) < 4.78 is 29.3. The summed E-state index contributed by atoms with van der Waals surface area (Å²) in [5, 5.41) is 25.0. The van der Waals surface area contributed by atoms with Crippen molar-refractivity contribution < 1.29 is 18.3 Å². The van der Waals surface area contributed by atoms with E-state index in [9.17, 15) is 18.8 Å². The number of aliphatic hydroxyl groups is 1. The van der Waals surface area contributed by atoms with Crippen molar-refractivity contribution in [2.24, 2.45) is 5.14 Å². The van der Waals surface area contributed by atoms with Gasteiger partial charge in [-0.3, -0.25) is 0 Å². The Balaban J connectivity index is 2.17. The van der Waals surface area contributed by atoms with Crippen LogP contribution in [0.15, 0.2) is 28.6 Å². The number of hydrogen-bond donors (Lipinski definition) is 3. The summed E-state index contributed by atoms with van der Waals surface area (Å²) in [5.41, 5.74) is 0.540. The third kappa shape index (κ3) is 3.56. The van der Waals surface area contributed by atoms with Crippen LogP contribution in [0.25, 0.3) is 22.2 Å². The zero-order valence-electron chi connectivity index (χ0n) is 14.0. The lowest BCUT2D eigenvalue weighted by atomic mass is 10.1. The van der Waals surface area contributed by atoms with Crippen LogP contribution in [-0.2, 0) is 10.0 Å². The molecule has 0 unspecified atom stereocenters. The van der Waals surface area contributed by atoms with Gasteiger partial charge in [0.1, 0.15) is 18.4 Å². The molecule has 0 aliphatic rings. The quantitative estimate of drug-likeness (QED) is 0.606. The fraction of sp³-hybridized carbons (Fsp3) is 0.250. The standard InChI is InChI=1S/C16H16N4O4S2/c1-16(2,21)8-24-15-20-13(14(25-15)26(18,22)23)11-5-3-4-10-9(6-17)7-19-12(10)11/h3-5,7,19,21H,8H2,1-2H3,(H2,18,22,23). The minimum atomic E-state index is -4.05. The summed E-state index contributed by atoms with van der Waals surface area (Å²) in [6.07, 6.45) is 1.54. The molecule has 2 aromatic heterocycles. The average Bonchev–Trinajstić information content (AvgIpc) is 3.15. The first-order valence-electron chi connectivity index (χ1n) is 7.49. The first-order chi connectivity index (χ1) is 12.1. The highest BCUT2D eigenvalue weighted by Crippen LogP contribution is 2.38. The van der Waals surface area contributed by atoms with Crippen molar-refractivity contribution in [2.45, 2.75) is 23.7 Å². The maximum atomic E-state index is 12.0. The van der Waals surface area contributed by atoms with Gasteiger partial charge in [-0.15, -0.1) is 0 Å². The first-order valence-corrected chi connectivity index (χ1v) is 9.86. The summed E-state index contributed by atoms with van der Waals surface area (Å²) in [5.74, 6) is 0. The number of benzene rings is 1. The largest absolute Gasteiger partial charge is 0.467 e. The van der Waals surface area contributed by atoms with Crippen molar-refractivity contribution >= 4 is 32.3 Å². The molecule has 3 rings (SSSR count). The van der Waals surface area contributed by atoms with Gasteiger partial charge in [0, 0.05) is 17.1 Å². The normalized spacial score (nSPS) is 12.3. The molecule has 136 valence electrons. The number of H-pyrrole nitrogens is 1. The van der Waals surface area contributed by atoms with Gasteiger partial charge in [0.15, 0.2) is 4.21 Å². The second kappa shape index (κ2) is 6.37. The van der Waals surface area contributed by atoms with Crippen LogP contribution in [0, 0.1) is 11.3 Å². The number of nitrogens with one attached hydrogen (secondary N) is 1. The highest BCUT2D eigenvalue weighted by atomic mass is 32.2. The number of hydrogen-bond acceptors (Lipinski definition) is 7. The highest BCUT2D eigenvalue weighted by molar-refractivity contribution is 7.91. The zero-order chi connectivity index (χ0) is 19.1. The Morgan fingerprint density at radius 3 is 2.81 bits per heavy atom. The molecule has 26 heavy (non-hydrogen) atoms. The van der Waals surface area contributed by atoms with Crippen molar-refractivity contribution in [3.8, 4) is 22.5 Å². The monoisotopic (exact) mass is 392 g/mol. The van der Waals surface area contributed by atoms with Gasteiger partial charge in [0.05, 0.1) is 16.7 Å². The van der Waals surface area contributed by atoms with Crippen LogP contribution in [-0.4, -0.2) is 35.7 Å². The predicted octanol–water partition coefficient (Wildman–Crippen LogP) is 1.96. The second-order valence-corrected chi connectivity index (χ2v) is 9.02. The van der Waals surface area contributed by atoms with E-state index in [1.165, 1.54) is 0 Å². The molecule has 8 nitrogen and oxygen atoms in total. The van der Waals surface area contributed by atoms with Gasteiger partial charge in [0.2, 0.25) is 10.0 Å². The van der Waals surface area contributed by atoms with E-state index < -0.39 is 15.6 Å². The number of rotatable bonds is 5. The van der Waals surface area contributed by atoms with Gasteiger partial charge in [-0.2, -0.15) is 5.26 Å². The zero-order valence-corrected chi connectivity index (χ0v) is 15.6. The number of nitriles is 1. The number of thiazole rings is 1. The molecular formula is C16H16N4O4S2. The van der Waals surface area contributed by atoms with Crippen LogP contribution in [0.1, 0.15) is 19.4 Å². The lowest BCUT2D eigenvalue weighted by molar-refractivity contribution is 0.0284. The van der Waals surface area contributed by atoms with E-state index in [1.54, 1.807) is 38.2 Å². The minimum Gasteiger partial charge on any atom is -0.467 e. The van der Waals surface area contributed by atoms with Gasteiger partial charge < -0.3 is 14.8 Å². The van der Waals surface area contributed by atoms with E-state index in [1.807, 2.05) is 0 Å². The number of nitrogens with zero attached hydrogens (tertiary/aromatic N) is 2. The number of ether oxygens (including phenoxy) is 1. The van der Waals surface area contributed by atoms with Crippen molar-refractivity contribution in [3.63, 3.8) is 0 Å². The number of aromatic nitrogens is 2. The first kappa shape index (κ1) is 18.3. The smallest absolute Gasteiger partial charge is 0.275 e. The Hall–Kier alpha value is -2.45. The average molecular weight is 392 g/mol. The second-order valence-electron chi connectivity index (χ2n) is 6.30. The molecule has 1 aromatic carbocycles. The molecule has 0 aliphatic carbocycles. The van der Waals surface area contributed by atoms with Crippen LogP contribution in [0.4, 0.5) is 0 Å². The number of fused-ring (bicyclic) bond motifs is 1. The Morgan fingerprint density at radius 2 is 2.19 bits per heavy atom. The van der Waals surface area contributed by atoms with E-state index in [-0.39, 0.29) is 21.7 Å². The van der Waals surface area contributed by atoms with E-state index >= 15 is 0 Å². The van der Waals surface area contributed by atoms with Crippen LogP contribution in [0.3, 0.4) is 0 Å². The van der Waals surface area contributed by atoms with Crippen LogP contribution in [0.5, 0.6) is 5.19 Å². The maximum absolute atomic E-state index is 12.0. The van der Waals surface area contributed by atoms with Crippen molar-refractivity contribution in [1.29, 1.82) is 5.26 Å². The lowest BCUT2D eigenvalue weighted by Gasteiger charge is -2.15. The number of nitrogens with two attached hydrogens (primary N) is 1. The van der Waals surface area contributed by atoms with E-state index in [2.05, 4.69) is 16.0 Å². The molecule has 0 saturated heterocycles. The van der Waals surface area contributed by atoms with Crippen molar-refractivity contribution in [2.75, 3.05) is 6.61 Å². The third-order valence-electron chi connectivity index (χ3n) is 3.47.